The van der Waals surface area contributed by atoms with Crippen LogP contribution in [0.1, 0.15) is 16.7 Å². The SMILES string of the molecule is COc1cc(N=C(C#N)C#N)sc1-c1cc2sc3c(c2s1)OC(C(=O)OCc1ccccc1)(C(=O)OCc1ccccc1)c1c-3sc2cc(-c3sc(N=C(C#N)C#N)cc3OC)sc12. The van der Waals surface area contributed by atoms with Crippen LogP contribution in [0.5, 0.6) is 17.2 Å². The highest BCUT2D eigenvalue weighted by molar-refractivity contribution is 7.37. The average molecular weight is 953 g/mol. The summed E-state index contributed by atoms with van der Waals surface area (Å²) in [6.07, 6.45) is 0. The third-order valence-corrected chi connectivity index (χ3v) is 17.0. The molecule has 0 N–H and O–H groups in total. The molecule has 0 saturated heterocycles. The number of nitrogens with zero attached hydrogens (tertiary/aromatic N) is 6. The zero-order valence-electron chi connectivity index (χ0n) is 33.0. The van der Waals surface area contributed by atoms with E-state index in [-0.39, 0.29) is 24.6 Å². The Morgan fingerprint density at radius 3 is 1.52 bits per heavy atom. The largest absolute Gasteiger partial charge is 0.495 e. The molecule has 0 radical (unpaired) electrons. The Kier molecular flexibility index (Phi) is 11.5. The van der Waals surface area contributed by atoms with Gasteiger partial charge in [-0.2, -0.15) is 21.0 Å². The highest BCUT2D eigenvalue weighted by Gasteiger charge is 2.60. The molecule has 0 bridgehead atoms. The first-order chi connectivity index (χ1) is 31.2. The maximum atomic E-state index is 15.1. The third-order valence-electron chi connectivity index (χ3n) is 9.63. The zero-order valence-corrected chi connectivity index (χ0v) is 37.9. The molecule has 1 aliphatic rings. The van der Waals surface area contributed by atoms with Crippen LogP contribution in [-0.4, -0.2) is 37.6 Å². The zero-order chi connectivity index (χ0) is 44.5. The molecule has 7 heterocycles. The van der Waals surface area contributed by atoms with Crippen molar-refractivity contribution in [3.8, 4) is 70.8 Å². The van der Waals surface area contributed by atoms with E-state index in [1.807, 2.05) is 72.8 Å². The van der Waals surface area contributed by atoms with Crippen LogP contribution in [0.2, 0.25) is 0 Å². The standard InChI is InChI=1S/C45H24N6O7S6/c1-54-27-13-33(50-25(17-46)18-47)63-37(27)29-15-31-39(59-29)35-41(61-31)42-36(40-32(62-42)16-30(60-40)38-28(55-2)14-34(64-38)51-26(19-48)20-49)58-45(35,43(52)56-21-23-9-5-3-6-10-23)44(53)57-22-24-11-7-4-8-12-24/h3-16H,21-22H2,1-2H3. The molecule has 1 aliphatic heterocycles. The highest BCUT2D eigenvalue weighted by Crippen LogP contribution is 2.62. The number of thiophene rings is 6. The number of hydrogen-bond acceptors (Lipinski definition) is 19. The Balaban J connectivity index is 1.24. The van der Waals surface area contributed by atoms with E-state index in [0.717, 1.165) is 19.2 Å². The number of rotatable bonds is 12. The van der Waals surface area contributed by atoms with Crippen LogP contribution in [-0.2, 0) is 37.9 Å². The number of hydrogen-bond donors (Lipinski definition) is 0. The molecule has 9 rings (SSSR count). The van der Waals surface area contributed by atoms with Crippen LogP contribution < -0.4 is 14.2 Å². The van der Waals surface area contributed by atoms with E-state index in [0.29, 0.717) is 72.8 Å². The summed E-state index contributed by atoms with van der Waals surface area (Å²) >= 11 is 7.98. The van der Waals surface area contributed by atoms with Gasteiger partial charge in [-0.1, -0.05) is 60.7 Å². The number of fused-ring (bicyclic) bond motifs is 7. The molecule has 0 saturated carbocycles. The van der Waals surface area contributed by atoms with Crippen LogP contribution >= 0.6 is 68.0 Å². The minimum Gasteiger partial charge on any atom is -0.495 e. The normalized spacial score (nSPS) is 12.0. The van der Waals surface area contributed by atoms with Crippen LogP contribution in [0.4, 0.5) is 10.0 Å². The minimum atomic E-state index is -2.44. The maximum Gasteiger partial charge on any atom is 0.367 e. The summed E-state index contributed by atoms with van der Waals surface area (Å²) < 4.78 is 33.3. The molecule has 6 aromatic heterocycles. The van der Waals surface area contributed by atoms with Gasteiger partial charge in [0, 0.05) is 16.8 Å². The predicted molar refractivity (Wildman–Crippen MR) is 250 cm³/mol. The first-order valence-corrected chi connectivity index (χ1v) is 23.5. The number of aliphatic imine (C=N–C) groups is 2. The molecular weight excluding hydrogens is 929 g/mol. The number of methoxy groups -OCH3 is 2. The number of ether oxygens (including phenoxy) is 5. The van der Waals surface area contributed by atoms with E-state index >= 15 is 9.59 Å². The summed E-state index contributed by atoms with van der Waals surface area (Å²) in [5, 5.41) is 38.1. The number of carbonyl (C=O) groups is 2. The van der Waals surface area contributed by atoms with Gasteiger partial charge in [-0.05, 0) is 23.3 Å². The van der Waals surface area contributed by atoms with Crippen molar-refractivity contribution >= 4 is 120 Å². The average Bonchev–Trinajstić information content (AvgIpc) is 4.19. The second-order valence-corrected chi connectivity index (χ2v) is 19.7. The molecular formula is C45H24N6O7S6. The van der Waals surface area contributed by atoms with Gasteiger partial charge in [-0.25, -0.2) is 19.6 Å². The fourth-order valence-corrected chi connectivity index (χ4v) is 14.4. The van der Waals surface area contributed by atoms with E-state index in [1.54, 1.807) is 36.4 Å². The maximum absolute atomic E-state index is 15.1. The summed E-state index contributed by atoms with van der Waals surface area (Å²) in [6, 6.07) is 32.5. The Morgan fingerprint density at radius 2 is 1.05 bits per heavy atom. The van der Waals surface area contributed by atoms with E-state index in [1.165, 1.54) is 82.2 Å². The van der Waals surface area contributed by atoms with Gasteiger partial charge in [-0.15, -0.1) is 68.0 Å². The molecule has 0 aliphatic carbocycles. The fourth-order valence-electron chi connectivity index (χ4n) is 6.78. The molecule has 8 aromatic rings. The fraction of sp³-hybridized carbons (Fsp3) is 0.111. The van der Waals surface area contributed by atoms with Crippen LogP contribution in [0.25, 0.3) is 48.1 Å². The summed E-state index contributed by atoms with van der Waals surface area (Å²) in [6.45, 7) is -0.315. The molecule has 0 atom stereocenters. The van der Waals surface area contributed by atoms with Crippen molar-refractivity contribution in [1.29, 1.82) is 21.0 Å². The predicted octanol–water partition coefficient (Wildman–Crippen LogP) is 11.7. The monoisotopic (exact) mass is 952 g/mol. The molecule has 2 aromatic carbocycles. The Bertz CT molecular complexity index is 3310. The molecule has 19 heteroatoms. The van der Waals surface area contributed by atoms with Gasteiger partial charge >= 0.3 is 17.5 Å². The highest BCUT2D eigenvalue weighted by atomic mass is 32.1. The van der Waals surface area contributed by atoms with Gasteiger partial charge in [0.2, 0.25) is 11.4 Å². The lowest BCUT2D eigenvalue weighted by molar-refractivity contribution is -0.183. The van der Waals surface area contributed by atoms with Gasteiger partial charge in [0.05, 0.1) is 63.1 Å². The molecule has 64 heavy (non-hydrogen) atoms. The number of carbonyl (C=O) groups excluding carboxylic acids is 2. The molecule has 0 amide bonds. The summed E-state index contributed by atoms with van der Waals surface area (Å²) in [4.78, 5) is 42.8. The van der Waals surface area contributed by atoms with Crippen molar-refractivity contribution in [2.24, 2.45) is 9.98 Å². The number of benzene rings is 2. The molecule has 0 unspecified atom stereocenters. The Labute approximate surface area is 387 Å². The molecule has 0 fully saturated rings. The lowest BCUT2D eigenvalue weighted by Crippen LogP contribution is -2.52. The van der Waals surface area contributed by atoms with Gasteiger partial charge in [0.15, 0.2) is 5.75 Å². The van der Waals surface area contributed by atoms with Gasteiger partial charge in [0.25, 0.3) is 0 Å². The van der Waals surface area contributed by atoms with E-state index < -0.39 is 17.5 Å². The van der Waals surface area contributed by atoms with Crippen molar-refractivity contribution in [3.05, 3.63) is 102 Å². The smallest absolute Gasteiger partial charge is 0.367 e. The van der Waals surface area contributed by atoms with Crippen molar-refractivity contribution in [2.75, 3.05) is 14.2 Å². The van der Waals surface area contributed by atoms with Crippen molar-refractivity contribution in [2.45, 2.75) is 18.8 Å². The second kappa shape index (κ2) is 17.5. The lowest BCUT2D eigenvalue weighted by atomic mass is 9.90. The summed E-state index contributed by atoms with van der Waals surface area (Å²) in [5.74, 6) is -0.677. The van der Waals surface area contributed by atoms with E-state index in [2.05, 4.69) is 9.98 Å². The third kappa shape index (κ3) is 7.46. The lowest BCUT2D eigenvalue weighted by Gasteiger charge is -2.33. The van der Waals surface area contributed by atoms with Crippen molar-refractivity contribution < 1.29 is 33.3 Å². The number of esters is 2. The van der Waals surface area contributed by atoms with Crippen molar-refractivity contribution in [1.82, 2.24) is 0 Å². The Hall–Kier alpha value is -7.20. The second-order valence-electron chi connectivity index (χ2n) is 13.4. The van der Waals surface area contributed by atoms with Crippen LogP contribution in [0.15, 0.2) is 94.9 Å². The molecule has 0 spiro atoms. The van der Waals surface area contributed by atoms with Crippen molar-refractivity contribution in [3.63, 3.8) is 0 Å². The topological polar surface area (TPSA) is 200 Å². The van der Waals surface area contributed by atoms with E-state index in [9.17, 15) is 21.0 Å². The van der Waals surface area contributed by atoms with E-state index in [4.69, 9.17) is 23.7 Å². The Morgan fingerprint density at radius 1 is 0.594 bits per heavy atom. The number of nitriles is 4. The van der Waals surface area contributed by atoms with Gasteiger partial charge in [-0.3, -0.25) is 0 Å². The summed E-state index contributed by atoms with van der Waals surface area (Å²) in [5.41, 5.74) is -1.37. The van der Waals surface area contributed by atoms with Gasteiger partial charge < -0.3 is 23.7 Å². The molecule has 13 nitrogen and oxygen atoms in total. The van der Waals surface area contributed by atoms with Crippen LogP contribution in [0, 0.1) is 45.3 Å². The molecule has 312 valence electrons. The quantitative estimate of drug-likeness (QED) is 0.0641. The summed E-state index contributed by atoms with van der Waals surface area (Å²) in [7, 11) is 3.02. The van der Waals surface area contributed by atoms with Crippen LogP contribution in [0.3, 0.4) is 0 Å². The first kappa shape index (κ1) is 42.1. The van der Waals surface area contributed by atoms with Gasteiger partial charge in [0.1, 0.15) is 59.0 Å². The first-order valence-electron chi connectivity index (χ1n) is 18.6. The minimum absolute atomic E-state index is 0.157.